The highest BCUT2D eigenvalue weighted by Gasteiger charge is 2.38. The molecule has 0 saturated carbocycles. The fourth-order valence-corrected chi connectivity index (χ4v) is 3.70. The molecule has 0 spiro atoms. The van der Waals surface area contributed by atoms with E-state index >= 15 is 0 Å². The minimum absolute atomic E-state index is 0.279. The van der Waals surface area contributed by atoms with Gasteiger partial charge in [0.2, 0.25) is 0 Å². The summed E-state index contributed by atoms with van der Waals surface area (Å²) in [6.45, 7) is 1.85. The molecule has 0 radical (unpaired) electrons. The largest absolute Gasteiger partial charge is 0.416 e. The standard InChI is InChI=1S/C16H21F3N2/c1-10-3-4-11(16(17,18)19)7-15(10)20-12-8-13-5-6-14(9-12)21(13)2/h3-4,7,12-14,20H,5-6,8-9H2,1-2H3. The number of piperidine rings is 1. The molecule has 3 rings (SSSR count). The smallest absolute Gasteiger partial charge is 0.382 e. The van der Waals surface area contributed by atoms with Crippen molar-refractivity contribution in [3.8, 4) is 0 Å². The Bertz CT molecular complexity index is 513. The number of alkyl halides is 3. The molecule has 2 nitrogen and oxygen atoms in total. The topological polar surface area (TPSA) is 15.3 Å². The van der Waals surface area contributed by atoms with E-state index < -0.39 is 11.7 Å². The molecule has 1 N–H and O–H groups in total. The second-order valence-electron chi connectivity index (χ2n) is 6.39. The highest BCUT2D eigenvalue weighted by molar-refractivity contribution is 5.54. The van der Waals surface area contributed by atoms with Gasteiger partial charge in [0.1, 0.15) is 0 Å². The first-order chi connectivity index (χ1) is 9.84. The first-order valence-electron chi connectivity index (χ1n) is 7.51. The lowest BCUT2D eigenvalue weighted by atomic mass is 9.97. The lowest BCUT2D eigenvalue weighted by molar-refractivity contribution is -0.137. The average molecular weight is 298 g/mol. The lowest BCUT2D eigenvalue weighted by Crippen LogP contribution is -2.44. The molecule has 1 aromatic rings. The maximum Gasteiger partial charge on any atom is 0.416 e. The molecule has 0 aromatic heterocycles. The van der Waals surface area contributed by atoms with Gasteiger partial charge in [-0.1, -0.05) is 6.07 Å². The molecule has 2 fully saturated rings. The molecule has 2 heterocycles. The van der Waals surface area contributed by atoms with Gasteiger partial charge in [0.25, 0.3) is 0 Å². The molecule has 0 amide bonds. The van der Waals surface area contributed by atoms with Crippen molar-refractivity contribution in [1.29, 1.82) is 0 Å². The predicted octanol–water partition coefficient (Wildman–Crippen LogP) is 4.05. The maximum atomic E-state index is 12.8. The van der Waals surface area contributed by atoms with Crippen molar-refractivity contribution in [3.63, 3.8) is 0 Å². The van der Waals surface area contributed by atoms with Crippen LogP contribution in [0.25, 0.3) is 0 Å². The van der Waals surface area contributed by atoms with Gasteiger partial charge < -0.3 is 10.2 Å². The van der Waals surface area contributed by atoms with Crippen LogP contribution in [0.2, 0.25) is 0 Å². The molecule has 2 atom stereocenters. The Morgan fingerprint density at radius 3 is 2.33 bits per heavy atom. The molecule has 2 aliphatic heterocycles. The second kappa shape index (κ2) is 5.20. The molecule has 0 aliphatic carbocycles. The van der Waals surface area contributed by atoms with Crippen molar-refractivity contribution >= 4 is 5.69 Å². The van der Waals surface area contributed by atoms with Crippen molar-refractivity contribution < 1.29 is 13.2 Å². The summed E-state index contributed by atoms with van der Waals surface area (Å²) in [6.07, 6.45) is 0.170. The monoisotopic (exact) mass is 298 g/mol. The number of nitrogens with one attached hydrogen (secondary N) is 1. The van der Waals surface area contributed by atoms with Crippen LogP contribution in [-0.4, -0.2) is 30.1 Å². The van der Waals surface area contributed by atoms with Crippen LogP contribution in [0.15, 0.2) is 18.2 Å². The first kappa shape index (κ1) is 14.7. The van der Waals surface area contributed by atoms with Crippen molar-refractivity contribution in [2.24, 2.45) is 0 Å². The van der Waals surface area contributed by atoms with Gasteiger partial charge in [-0.15, -0.1) is 0 Å². The maximum absolute atomic E-state index is 12.8. The van der Waals surface area contributed by atoms with E-state index in [2.05, 4.69) is 17.3 Å². The predicted molar refractivity (Wildman–Crippen MR) is 77.4 cm³/mol. The molecular formula is C16H21F3N2. The van der Waals surface area contributed by atoms with E-state index in [4.69, 9.17) is 0 Å². The van der Waals surface area contributed by atoms with E-state index in [-0.39, 0.29) is 6.04 Å². The van der Waals surface area contributed by atoms with Crippen molar-refractivity contribution in [2.75, 3.05) is 12.4 Å². The zero-order valence-corrected chi connectivity index (χ0v) is 12.4. The van der Waals surface area contributed by atoms with Gasteiger partial charge in [-0.25, -0.2) is 0 Å². The Morgan fingerprint density at radius 2 is 1.76 bits per heavy atom. The number of fused-ring (bicyclic) bond motifs is 2. The molecule has 21 heavy (non-hydrogen) atoms. The fraction of sp³-hybridized carbons (Fsp3) is 0.625. The van der Waals surface area contributed by atoms with Crippen molar-refractivity contribution in [3.05, 3.63) is 29.3 Å². The summed E-state index contributed by atoms with van der Waals surface area (Å²) < 4.78 is 38.5. The number of aryl methyl sites for hydroxylation is 1. The zero-order chi connectivity index (χ0) is 15.2. The minimum atomic E-state index is -4.28. The summed E-state index contributed by atoms with van der Waals surface area (Å²) in [5.41, 5.74) is 0.916. The van der Waals surface area contributed by atoms with Crippen molar-refractivity contribution in [2.45, 2.75) is 56.9 Å². The summed E-state index contributed by atoms with van der Waals surface area (Å²) in [5, 5.41) is 3.36. The van der Waals surface area contributed by atoms with Crippen molar-refractivity contribution in [1.82, 2.24) is 4.90 Å². The van der Waals surface area contributed by atoms with Gasteiger partial charge in [0.05, 0.1) is 5.56 Å². The van der Waals surface area contributed by atoms with Crippen LogP contribution in [0.4, 0.5) is 18.9 Å². The summed E-state index contributed by atoms with van der Waals surface area (Å²) in [4.78, 5) is 2.43. The summed E-state index contributed by atoms with van der Waals surface area (Å²) >= 11 is 0. The van der Waals surface area contributed by atoms with Gasteiger partial charge >= 0.3 is 6.18 Å². The molecule has 2 unspecified atom stereocenters. The Labute approximate surface area is 123 Å². The molecule has 1 aromatic carbocycles. The fourth-order valence-electron chi connectivity index (χ4n) is 3.70. The highest BCUT2D eigenvalue weighted by Crippen LogP contribution is 2.37. The molecule has 116 valence electrons. The van der Waals surface area contributed by atoms with E-state index in [1.807, 2.05) is 6.92 Å². The van der Waals surface area contributed by atoms with Gasteiger partial charge in [-0.05, 0) is 57.4 Å². The molecule has 2 aliphatic rings. The first-order valence-corrected chi connectivity index (χ1v) is 7.51. The molecule has 5 heteroatoms. The Kier molecular flexibility index (Phi) is 3.64. The zero-order valence-electron chi connectivity index (χ0n) is 12.4. The van der Waals surface area contributed by atoms with E-state index in [1.54, 1.807) is 6.07 Å². The van der Waals surface area contributed by atoms with E-state index in [0.717, 1.165) is 24.5 Å². The third-order valence-electron chi connectivity index (χ3n) is 5.02. The van der Waals surface area contributed by atoms with Gasteiger partial charge in [-0.2, -0.15) is 13.2 Å². The van der Waals surface area contributed by atoms with Gasteiger partial charge in [-0.3, -0.25) is 0 Å². The number of halogens is 3. The summed E-state index contributed by atoms with van der Waals surface area (Å²) in [7, 11) is 2.16. The third-order valence-corrected chi connectivity index (χ3v) is 5.02. The number of rotatable bonds is 2. The normalized spacial score (nSPS) is 29.7. The number of benzene rings is 1. The van der Waals surface area contributed by atoms with Gasteiger partial charge in [0, 0.05) is 23.8 Å². The van der Waals surface area contributed by atoms with Crippen LogP contribution in [-0.2, 0) is 6.18 Å². The molecule has 2 saturated heterocycles. The Morgan fingerprint density at radius 1 is 1.14 bits per heavy atom. The highest BCUT2D eigenvalue weighted by atomic mass is 19.4. The molecule has 2 bridgehead atoms. The minimum Gasteiger partial charge on any atom is -0.382 e. The van der Waals surface area contributed by atoms with E-state index in [0.29, 0.717) is 17.8 Å². The SMILES string of the molecule is Cc1ccc(C(F)(F)F)cc1NC1CC2CCC(C1)N2C. The third kappa shape index (κ3) is 2.89. The quantitative estimate of drug-likeness (QED) is 0.886. The number of hydrogen-bond donors (Lipinski definition) is 1. The summed E-state index contributed by atoms with van der Waals surface area (Å²) in [6, 6.07) is 5.38. The number of nitrogens with zero attached hydrogens (tertiary/aromatic N) is 1. The van der Waals surface area contributed by atoms with Crippen LogP contribution in [0, 0.1) is 6.92 Å². The van der Waals surface area contributed by atoms with Crippen LogP contribution < -0.4 is 5.32 Å². The average Bonchev–Trinajstić information content (AvgIpc) is 2.62. The Balaban J connectivity index is 1.76. The second-order valence-corrected chi connectivity index (χ2v) is 6.39. The summed E-state index contributed by atoms with van der Waals surface area (Å²) in [5.74, 6) is 0. The van der Waals surface area contributed by atoms with E-state index in [9.17, 15) is 13.2 Å². The Hall–Kier alpha value is -1.23. The van der Waals surface area contributed by atoms with Gasteiger partial charge in [0.15, 0.2) is 0 Å². The van der Waals surface area contributed by atoms with E-state index in [1.165, 1.54) is 18.9 Å². The van der Waals surface area contributed by atoms with Crippen LogP contribution >= 0.6 is 0 Å². The van der Waals surface area contributed by atoms with Crippen LogP contribution in [0.1, 0.15) is 36.8 Å². The molecular weight excluding hydrogens is 277 g/mol. The lowest BCUT2D eigenvalue weighted by Gasteiger charge is -2.37. The number of anilines is 1. The van der Waals surface area contributed by atoms with Crippen LogP contribution in [0.5, 0.6) is 0 Å². The van der Waals surface area contributed by atoms with Crippen LogP contribution in [0.3, 0.4) is 0 Å². The number of hydrogen-bond acceptors (Lipinski definition) is 2.